The number of carbonyl (C=O) groups excluding carboxylic acids is 1. The van der Waals surface area contributed by atoms with E-state index in [4.69, 9.17) is 4.52 Å². The molecule has 7 nitrogen and oxygen atoms in total. The van der Waals surface area contributed by atoms with Gasteiger partial charge in [-0.1, -0.05) is 5.16 Å². The van der Waals surface area contributed by atoms with E-state index < -0.39 is 0 Å². The predicted octanol–water partition coefficient (Wildman–Crippen LogP) is 2.85. The number of aromatic nitrogens is 4. The lowest BCUT2D eigenvalue weighted by Gasteiger charge is -2.05. The van der Waals surface area contributed by atoms with Gasteiger partial charge in [0.25, 0.3) is 5.91 Å². The maximum absolute atomic E-state index is 12.3. The highest BCUT2D eigenvalue weighted by atomic mass is 16.5. The summed E-state index contributed by atoms with van der Waals surface area (Å²) in [7, 11) is 0. The summed E-state index contributed by atoms with van der Waals surface area (Å²) in [5, 5.41) is 6.69. The van der Waals surface area contributed by atoms with Crippen LogP contribution in [0.4, 0.5) is 0 Å². The van der Waals surface area contributed by atoms with Crippen molar-refractivity contribution in [3.63, 3.8) is 0 Å². The molecular formula is C19H15N5O2. The first kappa shape index (κ1) is 15.8. The highest BCUT2D eigenvalue weighted by Gasteiger charge is 2.11. The monoisotopic (exact) mass is 345 g/mol. The van der Waals surface area contributed by atoms with E-state index in [-0.39, 0.29) is 12.5 Å². The molecule has 0 aliphatic carbocycles. The Hall–Kier alpha value is -3.74. The summed E-state index contributed by atoms with van der Waals surface area (Å²) >= 11 is 0. The molecule has 4 aromatic rings. The normalized spacial score (nSPS) is 10.6. The van der Waals surface area contributed by atoms with Crippen molar-refractivity contribution in [3.8, 4) is 17.1 Å². The Morgan fingerprint density at radius 1 is 1.04 bits per heavy atom. The number of rotatable bonds is 5. The van der Waals surface area contributed by atoms with Crippen LogP contribution >= 0.6 is 0 Å². The Morgan fingerprint density at radius 2 is 1.77 bits per heavy atom. The minimum atomic E-state index is -0.201. The molecule has 0 fully saturated rings. The summed E-state index contributed by atoms with van der Waals surface area (Å²) in [6, 6.07) is 14.8. The number of hydrogen-bond donors (Lipinski definition) is 1. The van der Waals surface area contributed by atoms with Crippen molar-refractivity contribution < 1.29 is 9.32 Å². The van der Waals surface area contributed by atoms with Gasteiger partial charge in [0.15, 0.2) is 0 Å². The van der Waals surface area contributed by atoms with Crippen molar-refractivity contribution >= 4 is 5.91 Å². The second kappa shape index (κ2) is 7.02. The second-order valence-corrected chi connectivity index (χ2v) is 5.57. The molecule has 0 atom stereocenters. The molecule has 128 valence electrons. The zero-order chi connectivity index (χ0) is 17.8. The third-order valence-corrected chi connectivity index (χ3v) is 3.84. The maximum atomic E-state index is 12.3. The van der Waals surface area contributed by atoms with E-state index in [0.717, 1.165) is 11.3 Å². The summed E-state index contributed by atoms with van der Waals surface area (Å²) in [6.07, 6.45) is 7.21. The lowest BCUT2D eigenvalue weighted by molar-refractivity contribution is 0.0946. The van der Waals surface area contributed by atoms with Crippen molar-refractivity contribution in [1.82, 2.24) is 25.0 Å². The van der Waals surface area contributed by atoms with Gasteiger partial charge in [0.2, 0.25) is 11.7 Å². The standard InChI is InChI=1S/C19H15N5O2/c25-19(15-3-5-16(6-4-15)24-11-1-2-12-24)21-13-17-22-18(23-26-17)14-7-9-20-10-8-14/h1-12H,13H2,(H,21,25). The minimum absolute atomic E-state index is 0.163. The van der Waals surface area contributed by atoms with Gasteiger partial charge < -0.3 is 14.4 Å². The first-order valence-corrected chi connectivity index (χ1v) is 8.04. The molecule has 0 radical (unpaired) electrons. The fourth-order valence-electron chi connectivity index (χ4n) is 2.49. The molecule has 1 amide bonds. The van der Waals surface area contributed by atoms with E-state index in [1.54, 1.807) is 36.7 Å². The summed E-state index contributed by atoms with van der Waals surface area (Å²) in [6.45, 7) is 0.163. The van der Waals surface area contributed by atoms with Crippen LogP contribution < -0.4 is 5.32 Å². The van der Waals surface area contributed by atoms with Gasteiger partial charge in [-0.15, -0.1) is 0 Å². The first-order valence-electron chi connectivity index (χ1n) is 8.04. The Labute approximate surface area is 149 Å². The molecule has 4 rings (SSSR count). The van der Waals surface area contributed by atoms with E-state index in [1.165, 1.54) is 0 Å². The van der Waals surface area contributed by atoms with Gasteiger partial charge in [0.1, 0.15) is 0 Å². The van der Waals surface area contributed by atoms with Crippen LogP contribution in [-0.4, -0.2) is 25.6 Å². The van der Waals surface area contributed by atoms with Crippen LogP contribution in [0.1, 0.15) is 16.2 Å². The van der Waals surface area contributed by atoms with Crippen LogP contribution in [0.15, 0.2) is 77.8 Å². The lowest BCUT2D eigenvalue weighted by Crippen LogP contribution is -2.22. The molecular weight excluding hydrogens is 330 g/mol. The summed E-state index contributed by atoms with van der Waals surface area (Å²) in [4.78, 5) is 20.5. The van der Waals surface area contributed by atoms with Crippen molar-refractivity contribution in [3.05, 3.63) is 84.8 Å². The van der Waals surface area contributed by atoms with E-state index in [9.17, 15) is 4.79 Å². The fraction of sp³-hybridized carbons (Fsp3) is 0.0526. The molecule has 0 saturated heterocycles. The van der Waals surface area contributed by atoms with Crippen LogP contribution in [-0.2, 0) is 6.54 Å². The van der Waals surface area contributed by atoms with E-state index >= 15 is 0 Å². The van der Waals surface area contributed by atoms with Crippen LogP contribution in [0, 0.1) is 0 Å². The minimum Gasteiger partial charge on any atom is -0.343 e. The number of nitrogens with zero attached hydrogens (tertiary/aromatic N) is 4. The molecule has 0 saturated carbocycles. The molecule has 26 heavy (non-hydrogen) atoms. The SMILES string of the molecule is O=C(NCc1nc(-c2ccncc2)no1)c1ccc(-n2cccc2)cc1. The van der Waals surface area contributed by atoms with Crippen LogP contribution in [0.2, 0.25) is 0 Å². The van der Waals surface area contributed by atoms with Gasteiger partial charge in [-0.05, 0) is 48.5 Å². The number of nitrogens with one attached hydrogen (secondary N) is 1. The molecule has 0 bridgehead atoms. The zero-order valence-corrected chi connectivity index (χ0v) is 13.7. The van der Waals surface area contributed by atoms with Gasteiger partial charge in [-0.2, -0.15) is 4.98 Å². The topological polar surface area (TPSA) is 85.8 Å². The van der Waals surface area contributed by atoms with Gasteiger partial charge in [-0.3, -0.25) is 9.78 Å². The molecule has 3 heterocycles. The number of hydrogen-bond acceptors (Lipinski definition) is 5. The molecule has 1 aromatic carbocycles. The van der Waals surface area contributed by atoms with Crippen molar-refractivity contribution in [2.24, 2.45) is 0 Å². The zero-order valence-electron chi connectivity index (χ0n) is 13.7. The lowest BCUT2D eigenvalue weighted by atomic mass is 10.2. The van der Waals surface area contributed by atoms with Gasteiger partial charge in [-0.25, -0.2) is 0 Å². The first-order chi connectivity index (χ1) is 12.8. The Kier molecular flexibility index (Phi) is 4.26. The largest absolute Gasteiger partial charge is 0.343 e. The van der Waals surface area contributed by atoms with E-state index in [2.05, 4.69) is 20.4 Å². The molecule has 7 heteroatoms. The number of carbonyl (C=O) groups is 1. The highest BCUT2D eigenvalue weighted by molar-refractivity contribution is 5.94. The van der Waals surface area contributed by atoms with Gasteiger partial charge in [0.05, 0.1) is 6.54 Å². The van der Waals surface area contributed by atoms with Crippen LogP contribution in [0.5, 0.6) is 0 Å². The second-order valence-electron chi connectivity index (χ2n) is 5.57. The van der Waals surface area contributed by atoms with Crippen molar-refractivity contribution in [1.29, 1.82) is 0 Å². The molecule has 0 unspecified atom stereocenters. The average molecular weight is 345 g/mol. The summed E-state index contributed by atoms with van der Waals surface area (Å²) in [5.74, 6) is 0.606. The van der Waals surface area contributed by atoms with Crippen molar-refractivity contribution in [2.45, 2.75) is 6.54 Å². The van der Waals surface area contributed by atoms with Crippen LogP contribution in [0.25, 0.3) is 17.1 Å². The average Bonchev–Trinajstić information content (AvgIpc) is 3.39. The molecule has 0 aliphatic heterocycles. The summed E-state index contributed by atoms with van der Waals surface area (Å²) < 4.78 is 7.15. The Bertz CT molecular complexity index is 992. The van der Waals surface area contributed by atoms with E-state index in [1.807, 2.05) is 41.2 Å². The highest BCUT2D eigenvalue weighted by Crippen LogP contribution is 2.14. The number of amides is 1. The number of benzene rings is 1. The third-order valence-electron chi connectivity index (χ3n) is 3.84. The van der Waals surface area contributed by atoms with Crippen LogP contribution in [0.3, 0.4) is 0 Å². The van der Waals surface area contributed by atoms with E-state index in [0.29, 0.717) is 17.3 Å². The third kappa shape index (κ3) is 3.36. The van der Waals surface area contributed by atoms with Crippen molar-refractivity contribution in [2.75, 3.05) is 0 Å². The molecule has 1 N–H and O–H groups in total. The maximum Gasteiger partial charge on any atom is 0.251 e. The quantitative estimate of drug-likeness (QED) is 0.601. The van der Waals surface area contributed by atoms with Gasteiger partial charge in [0, 0.05) is 41.6 Å². The van der Waals surface area contributed by atoms with Gasteiger partial charge >= 0.3 is 0 Å². The Balaban J connectivity index is 1.39. The molecule has 3 aromatic heterocycles. The Morgan fingerprint density at radius 3 is 2.50 bits per heavy atom. The fourth-order valence-corrected chi connectivity index (χ4v) is 2.49. The predicted molar refractivity (Wildman–Crippen MR) is 94.5 cm³/mol. The molecule has 0 aliphatic rings. The smallest absolute Gasteiger partial charge is 0.251 e. The summed E-state index contributed by atoms with van der Waals surface area (Å²) in [5.41, 5.74) is 2.36. The number of pyridine rings is 1. The molecule has 0 spiro atoms.